The fraction of sp³-hybridized carbons (Fsp3) is 0.133. The number of rotatable bonds is 1. The molecule has 0 unspecified atom stereocenters. The molecule has 0 saturated carbocycles. The van der Waals surface area contributed by atoms with Gasteiger partial charge in [0.25, 0.3) is 5.91 Å². The van der Waals surface area contributed by atoms with Crippen molar-refractivity contribution >= 4 is 17.5 Å². The van der Waals surface area contributed by atoms with Gasteiger partial charge in [-0.05, 0) is 17.7 Å². The van der Waals surface area contributed by atoms with E-state index in [-0.39, 0.29) is 24.6 Å². The molecule has 2 heterocycles. The molecule has 3 rings (SSSR count). The highest BCUT2D eigenvalue weighted by molar-refractivity contribution is 6.00. The minimum atomic E-state index is -0.722. The van der Waals surface area contributed by atoms with Crippen molar-refractivity contribution in [2.24, 2.45) is 0 Å². The first-order valence-electron chi connectivity index (χ1n) is 6.42. The highest BCUT2D eigenvalue weighted by Crippen LogP contribution is 2.21. The lowest BCUT2D eigenvalue weighted by Gasteiger charge is -2.19. The van der Waals surface area contributed by atoms with Crippen LogP contribution in [0, 0.1) is 5.95 Å². The van der Waals surface area contributed by atoms with Gasteiger partial charge < -0.3 is 10.2 Å². The Bertz CT molecular complexity index is 718. The molecule has 1 aliphatic rings. The van der Waals surface area contributed by atoms with Crippen LogP contribution in [0.2, 0.25) is 0 Å². The van der Waals surface area contributed by atoms with E-state index >= 15 is 0 Å². The smallest absolute Gasteiger partial charge is 0.254 e. The van der Waals surface area contributed by atoms with Crippen LogP contribution in [-0.2, 0) is 11.3 Å². The fourth-order valence-corrected chi connectivity index (χ4v) is 2.27. The largest absolute Gasteiger partial charge is 0.325 e. The van der Waals surface area contributed by atoms with Crippen molar-refractivity contribution in [1.82, 2.24) is 9.88 Å². The van der Waals surface area contributed by atoms with E-state index in [1.807, 2.05) is 18.2 Å². The second kappa shape index (κ2) is 5.32. The normalized spacial score (nSPS) is 14.1. The fourth-order valence-electron chi connectivity index (χ4n) is 2.27. The molecule has 5 nitrogen and oxygen atoms in total. The summed E-state index contributed by atoms with van der Waals surface area (Å²) in [6.07, 6.45) is 1.23. The number of carbonyl (C=O) groups is 2. The van der Waals surface area contributed by atoms with Crippen molar-refractivity contribution in [3.63, 3.8) is 0 Å². The topological polar surface area (TPSA) is 62.3 Å². The summed E-state index contributed by atoms with van der Waals surface area (Å²) in [5, 5.41) is 2.75. The molecule has 6 heteroatoms. The number of nitrogens with one attached hydrogen (secondary N) is 1. The van der Waals surface area contributed by atoms with Gasteiger partial charge >= 0.3 is 0 Å². The first-order chi connectivity index (χ1) is 10.1. The van der Waals surface area contributed by atoms with Crippen LogP contribution < -0.4 is 5.32 Å². The molecule has 0 aliphatic carbocycles. The molecule has 2 aromatic rings. The van der Waals surface area contributed by atoms with Gasteiger partial charge in [0.2, 0.25) is 11.9 Å². The summed E-state index contributed by atoms with van der Waals surface area (Å²) in [5.74, 6) is -1.40. The highest BCUT2D eigenvalue weighted by Gasteiger charge is 2.24. The Balaban J connectivity index is 1.92. The molecule has 0 fully saturated rings. The summed E-state index contributed by atoms with van der Waals surface area (Å²) in [5.41, 5.74) is 1.71. The summed E-state index contributed by atoms with van der Waals surface area (Å²) >= 11 is 0. The monoisotopic (exact) mass is 285 g/mol. The van der Waals surface area contributed by atoms with Gasteiger partial charge in [0, 0.05) is 30.1 Å². The van der Waals surface area contributed by atoms with Gasteiger partial charge in [-0.15, -0.1) is 0 Å². The summed E-state index contributed by atoms with van der Waals surface area (Å²) in [6.45, 7) is 0.217. The summed E-state index contributed by atoms with van der Waals surface area (Å²) in [4.78, 5) is 29.1. The summed E-state index contributed by atoms with van der Waals surface area (Å²) in [7, 11) is 0. The number of para-hydroxylation sites is 1. The lowest BCUT2D eigenvalue weighted by Crippen LogP contribution is -2.35. The van der Waals surface area contributed by atoms with Crippen LogP contribution >= 0.6 is 0 Å². The van der Waals surface area contributed by atoms with Gasteiger partial charge in [-0.2, -0.15) is 4.39 Å². The molecule has 0 spiro atoms. The Kier molecular flexibility index (Phi) is 3.35. The number of carbonyl (C=O) groups excluding carboxylic acids is 2. The average molecular weight is 285 g/mol. The van der Waals surface area contributed by atoms with Crippen LogP contribution in [0.5, 0.6) is 0 Å². The zero-order valence-electron chi connectivity index (χ0n) is 11.0. The molecular formula is C15H12FN3O2. The number of aromatic nitrogens is 1. The number of hydrogen-bond donors (Lipinski definition) is 1. The first-order valence-corrected chi connectivity index (χ1v) is 6.42. The van der Waals surface area contributed by atoms with Gasteiger partial charge in [-0.1, -0.05) is 18.2 Å². The number of pyridine rings is 1. The van der Waals surface area contributed by atoms with Crippen molar-refractivity contribution in [2.75, 3.05) is 11.9 Å². The molecule has 1 aromatic carbocycles. The van der Waals surface area contributed by atoms with Crippen molar-refractivity contribution in [3.05, 3.63) is 59.7 Å². The third kappa shape index (κ3) is 2.74. The highest BCUT2D eigenvalue weighted by atomic mass is 19.1. The number of amides is 2. The maximum absolute atomic E-state index is 13.1. The lowest BCUT2D eigenvalue weighted by atomic mass is 10.1. The van der Waals surface area contributed by atoms with E-state index in [9.17, 15) is 14.0 Å². The quantitative estimate of drug-likeness (QED) is 0.813. The van der Waals surface area contributed by atoms with Crippen LogP contribution in [0.3, 0.4) is 0 Å². The molecule has 0 saturated heterocycles. The number of halogens is 1. The number of hydrogen-bond acceptors (Lipinski definition) is 3. The summed E-state index contributed by atoms with van der Waals surface area (Å²) < 4.78 is 13.1. The number of fused-ring (bicyclic) bond motifs is 1. The van der Waals surface area contributed by atoms with E-state index in [4.69, 9.17) is 0 Å². The van der Waals surface area contributed by atoms with Crippen molar-refractivity contribution < 1.29 is 14.0 Å². The minimum Gasteiger partial charge on any atom is -0.325 e. The van der Waals surface area contributed by atoms with Crippen LogP contribution in [0.25, 0.3) is 0 Å². The van der Waals surface area contributed by atoms with Gasteiger partial charge in [-0.3, -0.25) is 9.59 Å². The van der Waals surface area contributed by atoms with E-state index in [0.717, 1.165) is 11.6 Å². The first kappa shape index (κ1) is 13.2. The molecule has 106 valence electrons. The molecule has 0 bridgehead atoms. The van der Waals surface area contributed by atoms with Crippen LogP contribution in [0.4, 0.5) is 10.1 Å². The van der Waals surface area contributed by atoms with Gasteiger partial charge in [0.15, 0.2) is 0 Å². The van der Waals surface area contributed by atoms with Crippen molar-refractivity contribution in [3.8, 4) is 0 Å². The summed E-state index contributed by atoms with van der Waals surface area (Å²) in [6, 6.07) is 9.78. The maximum Gasteiger partial charge on any atom is 0.254 e. The minimum absolute atomic E-state index is 0.0720. The molecule has 0 radical (unpaired) electrons. The number of benzene rings is 1. The van der Waals surface area contributed by atoms with Crippen LogP contribution in [0.1, 0.15) is 15.9 Å². The van der Waals surface area contributed by atoms with E-state index < -0.39 is 11.9 Å². The van der Waals surface area contributed by atoms with E-state index in [1.54, 1.807) is 6.07 Å². The Morgan fingerprint density at radius 2 is 2.05 bits per heavy atom. The predicted octanol–water partition coefficient (Wildman–Crippen LogP) is 1.82. The Labute approximate surface area is 120 Å². The van der Waals surface area contributed by atoms with E-state index in [2.05, 4.69) is 10.3 Å². The molecular weight excluding hydrogens is 273 g/mol. The third-order valence-electron chi connectivity index (χ3n) is 3.25. The Hall–Kier alpha value is -2.76. The second-order valence-electron chi connectivity index (χ2n) is 4.73. The molecule has 0 atom stereocenters. The van der Waals surface area contributed by atoms with Gasteiger partial charge in [0.05, 0.1) is 0 Å². The number of nitrogens with zero attached hydrogens (tertiary/aromatic N) is 2. The average Bonchev–Trinajstić information content (AvgIpc) is 2.64. The van der Waals surface area contributed by atoms with Gasteiger partial charge in [-0.25, -0.2) is 4.98 Å². The van der Waals surface area contributed by atoms with Gasteiger partial charge in [0.1, 0.15) is 6.54 Å². The lowest BCUT2D eigenvalue weighted by molar-refractivity contribution is -0.116. The molecule has 1 aliphatic heterocycles. The SMILES string of the molecule is O=C1CN(C(=O)c2ccnc(F)c2)Cc2ccccc2N1. The standard InChI is InChI=1S/C15H12FN3O2/c16-13-7-10(5-6-17-13)15(21)19-8-11-3-1-2-4-12(11)18-14(20)9-19/h1-7H,8-9H2,(H,18,20). The third-order valence-corrected chi connectivity index (χ3v) is 3.25. The van der Waals surface area contributed by atoms with Crippen LogP contribution in [-0.4, -0.2) is 28.2 Å². The Morgan fingerprint density at radius 1 is 1.24 bits per heavy atom. The molecule has 1 N–H and O–H groups in total. The molecule has 1 aromatic heterocycles. The zero-order chi connectivity index (χ0) is 14.8. The molecule has 2 amide bonds. The molecule has 21 heavy (non-hydrogen) atoms. The van der Waals surface area contributed by atoms with Crippen molar-refractivity contribution in [1.29, 1.82) is 0 Å². The second-order valence-corrected chi connectivity index (χ2v) is 4.73. The Morgan fingerprint density at radius 3 is 2.86 bits per heavy atom. The van der Waals surface area contributed by atoms with Crippen molar-refractivity contribution in [2.45, 2.75) is 6.54 Å². The van der Waals surface area contributed by atoms with Crippen LogP contribution in [0.15, 0.2) is 42.6 Å². The predicted molar refractivity (Wildman–Crippen MR) is 74.0 cm³/mol. The van der Waals surface area contributed by atoms with E-state index in [1.165, 1.54) is 17.2 Å². The maximum atomic E-state index is 13.1. The zero-order valence-corrected chi connectivity index (χ0v) is 11.0. The number of anilines is 1. The van der Waals surface area contributed by atoms with E-state index in [0.29, 0.717) is 5.69 Å².